The Morgan fingerprint density at radius 1 is 0.800 bits per heavy atom. The molecule has 5 aromatic carbocycles. The fourth-order valence-corrected chi connectivity index (χ4v) is 4.90. The van der Waals surface area contributed by atoms with Crippen LogP contribution in [0.15, 0.2) is 90.0 Å². The van der Waals surface area contributed by atoms with Gasteiger partial charge in [-0.25, -0.2) is 5.01 Å². The van der Waals surface area contributed by atoms with E-state index in [-0.39, 0.29) is 11.9 Å². The average molecular weight is 388 g/mol. The maximum absolute atomic E-state index is 12.5. The van der Waals surface area contributed by atoms with Gasteiger partial charge in [-0.05, 0) is 43.4 Å². The van der Waals surface area contributed by atoms with E-state index in [0.29, 0.717) is 6.42 Å². The van der Waals surface area contributed by atoms with Crippen LogP contribution in [0, 0.1) is 0 Å². The summed E-state index contributed by atoms with van der Waals surface area (Å²) in [5.74, 6) is -0.0309. The third-order valence-corrected chi connectivity index (χ3v) is 6.26. The molecule has 144 valence electrons. The van der Waals surface area contributed by atoms with E-state index >= 15 is 0 Å². The lowest BCUT2D eigenvalue weighted by Gasteiger charge is -2.23. The van der Waals surface area contributed by atoms with Gasteiger partial charge in [-0.1, -0.05) is 84.9 Å². The molecule has 3 heteroatoms. The second-order valence-electron chi connectivity index (χ2n) is 8.01. The zero-order chi connectivity index (χ0) is 20.2. The quantitative estimate of drug-likeness (QED) is 0.328. The van der Waals surface area contributed by atoms with Gasteiger partial charge in [0.05, 0.1) is 11.8 Å². The summed E-state index contributed by atoms with van der Waals surface area (Å²) in [6, 6.07) is 29.6. The standard InChI is InChI=1S/C27H20N2O/c1-17(30)29-25(16-24(28-29)18-6-3-2-4-7-18)22-14-12-21-11-10-19-8-5-9-20-13-15-23(22)27(21)26(19)20/h2-15,25H,16H2,1H3/t25-/m0/s1. The fraction of sp³-hybridized carbons (Fsp3) is 0.111. The molecule has 0 fully saturated rings. The molecular weight excluding hydrogens is 368 g/mol. The molecular formula is C27H20N2O. The summed E-state index contributed by atoms with van der Waals surface area (Å²) in [6.45, 7) is 1.60. The Labute approximate surface area is 174 Å². The molecule has 6 rings (SSSR count). The van der Waals surface area contributed by atoms with Gasteiger partial charge < -0.3 is 0 Å². The minimum Gasteiger partial charge on any atom is -0.273 e. The number of hydrogen-bond acceptors (Lipinski definition) is 2. The molecule has 0 saturated heterocycles. The molecule has 0 bridgehead atoms. The van der Waals surface area contributed by atoms with Crippen LogP contribution in [0.4, 0.5) is 0 Å². The van der Waals surface area contributed by atoms with Gasteiger partial charge in [0.15, 0.2) is 0 Å². The lowest BCUT2D eigenvalue weighted by molar-refractivity contribution is -0.130. The predicted molar refractivity (Wildman–Crippen MR) is 123 cm³/mol. The van der Waals surface area contributed by atoms with E-state index < -0.39 is 0 Å². The molecule has 0 spiro atoms. The Kier molecular flexibility index (Phi) is 3.66. The van der Waals surface area contributed by atoms with Crippen LogP contribution in [0.2, 0.25) is 0 Å². The first-order valence-electron chi connectivity index (χ1n) is 10.3. The molecule has 3 nitrogen and oxygen atoms in total. The Morgan fingerprint density at radius 2 is 1.47 bits per heavy atom. The van der Waals surface area contributed by atoms with Crippen molar-refractivity contribution in [3.05, 3.63) is 96.1 Å². The highest BCUT2D eigenvalue weighted by Crippen LogP contribution is 2.41. The first-order valence-corrected chi connectivity index (χ1v) is 10.3. The molecule has 1 atom stereocenters. The summed E-state index contributed by atoms with van der Waals surface area (Å²) in [4.78, 5) is 12.5. The van der Waals surface area contributed by atoms with Gasteiger partial charge in [-0.3, -0.25) is 4.79 Å². The van der Waals surface area contributed by atoms with Crippen molar-refractivity contribution in [3.8, 4) is 0 Å². The van der Waals surface area contributed by atoms with E-state index in [1.54, 1.807) is 11.9 Å². The van der Waals surface area contributed by atoms with Crippen LogP contribution in [-0.2, 0) is 4.79 Å². The first kappa shape index (κ1) is 17.2. The first-order chi connectivity index (χ1) is 14.7. The van der Waals surface area contributed by atoms with Crippen LogP contribution in [0.25, 0.3) is 32.3 Å². The van der Waals surface area contributed by atoms with E-state index in [4.69, 9.17) is 5.10 Å². The molecule has 0 radical (unpaired) electrons. The van der Waals surface area contributed by atoms with Crippen LogP contribution in [-0.4, -0.2) is 16.6 Å². The number of carbonyl (C=O) groups excluding carboxylic acids is 1. The molecule has 1 amide bonds. The zero-order valence-electron chi connectivity index (χ0n) is 16.7. The minimum atomic E-state index is -0.0951. The summed E-state index contributed by atoms with van der Waals surface area (Å²) in [6.07, 6.45) is 0.716. The topological polar surface area (TPSA) is 32.7 Å². The monoisotopic (exact) mass is 388 g/mol. The summed E-state index contributed by atoms with van der Waals surface area (Å²) >= 11 is 0. The molecule has 5 aromatic rings. The number of hydrogen-bond donors (Lipinski definition) is 0. The summed E-state index contributed by atoms with van der Waals surface area (Å²) in [7, 11) is 0. The maximum atomic E-state index is 12.5. The Bertz CT molecular complexity index is 1440. The Balaban J connectivity index is 1.56. The molecule has 0 saturated carbocycles. The Morgan fingerprint density at radius 3 is 2.20 bits per heavy atom. The van der Waals surface area contributed by atoms with Crippen LogP contribution in [0.5, 0.6) is 0 Å². The highest BCUT2D eigenvalue weighted by molar-refractivity contribution is 6.23. The number of rotatable bonds is 2. The van der Waals surface area contributed by atoms with Crippen molar-refractivity contribution in [3.63, 3.8) is 0 Å². The number of nitrogens with zero attached hydrogens (tertiary/aromatic N) is 2. The smallest absolute Gasteiger partial charge is 0.240 e. The fourth-order valence-electron chi connectivity index (χ4n) is 4.90. The maximum Gasteiger partial charge on any atom is 0.240 e. The van der Waals surface area contributed by atoms with Gasteiger partial charge in [0, 0.05) is 13.3 Å². The van der Waals surface area contributed by atoms with Crippen molar-refractivity contribution in [1.82, 2.24) is 5.01 Å². The highest BCUT2D eigenvalue weighted by Gasteiger charge is 2.32. The number of hydrazone groups is 1. The molecule has 1 aliphatic heterocycles. The molecule has 30 heavy (non-hydrogen) atoms. The minimum absolute atomic E-state index is 0.0309. The summed E-state index contributed by atoms with van der Waals surface area (Å²) < 4.78 is 0. The van der Waals surface area contributed by atoms with Crippen LogP contribution < -0.4 is 0 Å². The lowest BCUT2D eigenvalue weighted by atomic mass is 9.88. The van der Waals surface area contributed by atoms with Gasteiger partial charge in [0.1, 0.15) is 0 Å². The van der Waals surface area contributed by atoms with Gasteiger partial charge in [-0.2, -0.15) is 5.10 Å². The third kappa shape index (κ3) is 2.45. The van der Waals surface area contributed by atoms with E-state index in [1.807, 2.05) is 18.2 Å². The van der Waals surface area contributed by atoms with Gasteiger partial charge in [-0.15, -0.1) is 0 Å². The second-order valence-corrected chi connectivity index (χ2v) is 8.01. The van der Waals surface area contributed by atoms with Crippen molar-refractivity contribution in [2.75, 3.05) is 0 Å². The predicted octanol–water partition coefficient (Wildman–Crippen LogP) is 6.28. The highest BCUT2D eigenvalue weighted by atomic mass is 16.2. The van der Waals surface area contributed by atoms with E-state index in [1.165, 1.54) is 32.3 Å². The van der Waals surface area contributed by atoms with E-state index in [9.17, 15) is 4.79 Å². The molecule has 0 aliphatic carbocycles. The van der Waals surface area contributed by atoms with Crippen molar-refractivity contribution >= 4 is 43.9 Å². The van der Waals surface area contributed by atoms with Crippen molar-refractivity contribution < 1.29 is 4.79 Å². The van der Waals surface area contributed by atoms with Gasteiger partial charge in [0.25, 0.3) is 0 Å². The lowest BCUT2D eigenvalue weighted by Crippen LogP contribution is -2.24. The summed E-state index contributed by atoms with van der Waals surface area (Å²) in [5.41, 5.74) is 3.19. The zero-order valence-corrected chi connectivity index (χ0v) is 16.7. The SMILES string of the molecule is CC(=O)N1N=C(c2ccccc2)C[C@H]1c1ccc2ccc3cccc4ccc1c2c34. The Hall–Kier alpha value is -3.72. The number of carbonyl (C=O) groups is 1. The van der Waals surface area contributed by atoms with Crippen LogP contribution >= 0.6 is 0 Å². The van der Waals surface area contributed by atoms with Crippen LogP contribution in [0.3, 0.4) is 0 Å². The molecule has 0 N–H and O–H groups in total. The second kappa shape index (κ2) is 6.39. The van der Waals surface area contributed by atoms with Crippen molar-refractivity contribution in [1.29, 1.82) is 0 Å². The largest absolute Gasteiger partial charge is 0.273 e. The number of benzene rings is 5. The summed E-state index contributed by atoms with van der Waals surface area (Å²) in [5, 5.41) is 13.9. The molecule has 1 aliphatic rings. The van der Waals surface area contributed by atoms with Crippen LogP contribution in [0.1, 0.15) is 30.5 Å². The third-order valence-electron chi connectivity index (χ3n) is 6.26. The van der Waals surface area contributed by atoms with Crippen molar-refractivity contribution in [2.24, 2.45) is 5.10 Å². The number of amides is 1. The molecule has 0 unspecified atom stereocenters. The average Bonchev–Trinajstić information content (AvgIpc) is 3.24. The van der Waals surface area contributed by atoms with Crippen molar-refractivity contribution in [2.45, 2.75) is 19.4 Å². The van der Waals surface area contributed by atoms with Gasteiger partial charge >= 0.3 is 0 Å². The van der Waals surface area contributed by atoms with E-state index in [2.05, 4.69) is 66.7 Å². The van der Waals surface area contributed by atoms with Gasteiger partial charge in [0.2, 0.25) is 5.91 Å². The van der Waals surface area contributed by atoms with E-state index in [0.717, 1.165) is 16.8 Å². The molecule has 0 aromatic heterocycles. The normalized spacial score (nSPS) is 16.6. The molecule has 1 heterocycles.